The molecule has 18 heavy (non-hydrogen) atoms. The zero-order chi connectivity index (χ0) is 13.0. The SMILES string of the molecule is CC(=O)CCCCN1C(=O)CCCc2sccc21. The fourth-order valence-corrected chi connectivity index (χ4v) is 3.24. The molecule has 0 fully saturated rings. The van der Waals surface area contributed by atoms with Gasteiger partial charge in [-0.1, -0.05) is 0 Å². The van der Waals surface area contributed by atoms with Crippen LogP contribution in [0.15, 0.2) is 11.4 Å². The number of unbranched alkanes of at least 4 members (excludes halogenated alkanes) is 1. The molecule has 1 aliphatic heterocycles. The van der Waals surface area contributed by atoms with E-state index in [4.69, 9.17) is 0 Å². The van der Waals surface area contributed by atoms with Crippen LogP contribution in [-0.4, -0.2) is 18.2 Å². The number of anilines is 1. The van der Waals surface area contributed by atoms with Gasteiger partial charge in [-0.3, -0.25) is 4.79 Å². The lowest BCUT2D eigenvalue weighted by atomic mass is 10.2. The van der Waals surface area contributed by atoms with Gasteiger partial charge in [-0.05, 0) is 44.1 Å². The zero-order valence-corrected chi connectivity index (χ0v) is 11.6. The molecule has 1 aliphatic rings. The fourth-order valence-electron chi connectivity index (χ4n) is 2.32. The van der Waals surface area contributed by atoms with Crippen LogP contribution in [0.1, 0.15) is 43.9 Å². The van der Waals surface area contributed by atoms with Crippen LogP contribution in [0.3, 0.4) is 0 Å². The summed E-state index contributed by atoms with van der Waals surface area (Å²) in [6.45, 7) is 2.36. The predicted octanol–water partition coefficient (Wildman–Crippen LogP) is 3.18. The van der Waals surface area contributed by atoms with Crippen molar-refractivity contribution in [3.8, 4) is 0 Å². The molecule has 0 radical (unpaired) electrons. The van der Waals surface area contributed by atoms with Crippen LogP contribution in [-0.2, 0) is 16.0 Å². The van der Waals surface area contributed by atoms with Gasteiger partial charge < -0.3 is 9.69 Å². The molecule has 0 unspecified atom stereocenters. The lowest BCUT2D eigenvalue weighted by Crippen LogP contribution is -2.30. The quantitative estimate of drug-likeness (QED) is 0.767. The molecule has 0 bridgehead atoms. The average Bonchev–Trinajstić information content (AvgIpc) is 2.71. The Labute approximate surface area is 112 Å². The first kappa shape index (κ1) is 13.3. The molecule has 3 nitrogen and oxygen atoms in total. The van der Waals surface area contributed by atoms with Crippen LogP contribution < -0.4 is 4.90 Å². The maximum Gasteiger partial charge on any atom is 0.227 e. The van der Waals surface area contributed by atoms with Crippen molar-refractivity contribution in [3.05, 3.63) is 16.3 Å². The molecule has 1 aromatic rings. The summed E-state index contributed by atoms with van der Waals surface area (Å²) in [5.74, 6) is 0.461. The van der Waals surface area contributed by atoms with E-state index in [0.717, 1.165) is 37.9 Å². The summed E-state index contributed by atoms with van der Waals surface area (Å²) in [6.07, 6.45) is 5.02. The van der Waals surface area contributed by atoms with Gasteiger partial charge >= 0.3 is 0 Å². The smallest absolute Gasteiger partial charge is 0.227 e. The monoisotopic (exact) mass is 265 g/mol. The second-order valence-electron chi connectivity index (χ2n) is 4.79. The van der Waals surface area contributed by atoms with Gasteiger partial charge in [0.15, 0.2) is 0 Å². The normalized spacial score (nSPS) is 15.4. The summed E-state index contributed by atoms with van der Waals surface area (Å²) < 4.78 is 0. The second kappa shape index (κ2) is 6.14. The van der Waals surface area contributed by atoms with Crippen molar-refractivity contribution >= 4 is 28.7 Å². The molecule has 2 heterocycles. The number of carbonyl (C=O) groups excluding carboxylic acids is 2. The minimum atomic E-state index is 0.230. The van der Waals surface area contributed by atoms with Crippen molar-refractivity contribution in [2.24, 2.45) is 0 Å². The molecule has 1 aromatic heterocycles. The Morgan fingerprint density at radius 3 is 3.00 bits per heavy atom. The number of rotatable bonds is 5. The van der Waals surface area contributed by atoms with Gasteiger partial charge in [0, 0.05) is 24.3 Å². The van der Waals surface area contributed by atoms with E-state index in [9.17, 15) is 9.59 Å². The zero-order valence-electron chi connectivity index (χ0n) is 10.8. The Kier molecular flexibility index (Phi) is 4.53. The number of Topliss-reactive ketones (excluding diaryl/α,β-unsaturated/α-hetero) is 1. The third kappa shape index (κ3) is 3.19. The Balaban J connectivity index is 1.97. The minimum Gasteiger partial charge on any atom is -0.311 e. The number of carbonyl (C=O) groups is 2. The Morgan fingerprint density at radius 1 is 1.39 bits per heavy atom. The number of fused-ring (bicyclic) bond motifs is 1. The number of hydrogen-bond donors (Lipinski definition) is 0. The van der Waals surface area contributed by atoms with E-state index >= 15 is 0 Å². The van der Waals surface area contributed by atoms with Gasteiger partial charge in [-0.2, -0.15) is 0 Å². The van der Waals surface area contributed by atoms with Crippen LogP contribution >= 0.6 is 11.3 Å². The highest BCUT2D eigenvalue weighted by molar-refractivity contribution is 7.10. The van der Waals surface area contributed by atoms with Gasteiger partial charge in [-0.25, -0.2) is 0 Å². The number of nitrogens with zero attached hydrogens (tertiary/aromatic N) is 1. The van der Waals surface area contributed by atoms with Crippen molar-refractivity contribution < 1.29 is 9.59 Å². The maximum absolute atomic E-state index is 12.1. The van der Waals surface area contributed by atoms with E-state index in [1.807, 2.05) is 11.0 Å². The average molecular weight is 265 g/mol. The molecule has 2 rings (SSSR count). The first-order valence-electron chi connectivity index (χ1n) is 6.54. The van der Waals surface area contributed by atoms with Gasteiger partial charge in [0.1, 0.15) is 5.78 Å². The lowest BCUT2D eigenvalue weighted by Gasteiger charge is -2.21. The van der Waals surface area contributed by atoms with E-state index in [1.54, 1.807) is 18.3 Å². The highest BCUT2D eigenvalue weighted by Crippen LogP contribution is 2.31. The van der Waals surface area contributed by atoms with Crippen molar-refractivity contribution in [3.63, 3.8) is 0 Å². The number of hydrogen-bond acceptors (Lipinski definition) is 3. The van der Waals surface area contributed by atoms with Gasteiger partial charge in [0.25, 0.3) is 0 Å². The summed E-state index contributed by atoms with van der Waals surface area (Å²) in [5.41, 5.74) is 1.10. The lowest BCUT2D eigenvalue weighted by molar-refractivity contribution is -0.118. The van der Waals surface area contributed by atoms with E-state index in [1.165, 1.54) is 4.88 Å². The number of aryl methyl sites for hydroxylation is 1. The molecular formula is C14H19NO2S. The third-order valence-corrected chi connectivity index (χ3v) is 4.24. The topological polar surface area (TPSA) is 37.4 Å². The molecule has 0 saturated carbocycles. The minimum absolute atomic E-state index is 0.230. The maximum atomic E-state index is 12.1. The van der Waals surface area contributed by atoms with Crippen LogP contribution in [0.5, 0.6) is 0 Å². The van der Waals surface area contributed by atoms with Crippen LogP contribution in [0.4, 0.5) is 5.69 Å². The molecule has 1 amide bonds. The van der Waals surface area contributed by atoms with E-state index in [2.05, 4.69) is 5.38 Å². The van der Waals surface area contributed by atoms with Crippen LogP contribution in [0.2, 0.25) is 0 Å². The fraction of sp³-hybridized carbons (Fsp3) is 0.571. The highest BCUT2D eigenvalue weighted by Gasteiger charge is 2.22. The first-order chi connectivity index (χ1) is 8.68. The third-order valence-electron chi connectivity index (χ3n) is 3.27. The van der Waals surface area contributed by atoms with E-state index in [0.29, 0.717) is 12.8 Å². The van der Waals surface area contributed by atoms with E-state index < -0.39 is 0 Å². The molecule has 0 atom stereocenters. The number of thiophene rings is 1. The predicted molar refractivity (Wildman–Crippen MR) is 74.1 cm³/mol. The summed E-state index contributed by atoms with van der Waals surface area (Å²) in [6, 6.07) is 2.05. The molecule has 0 N–H and O–H groups in total. The Morgan fingerprint density at radius 2 is 2.22 bits per heavy atom. The molecular weight excluding hydrogens is 246 g/mol. The summed E-state index contributed by atoms with van der Waals surface area (Å²) in [7, 11) is 0. The Hall–Kier alpha value is -1.16. The molecule has 4 heteroatoms. The number of ketones is 1. The standard InChI is InChI=1S/C14H19NO2S/c1-11(16)5-2-3-9-15-12-8-10-18-13(12)6-4-7-14(15)17/h8,10H,2-7,9H2,1H3. The second-order valence-corrected chi connectivity index (χ2v) is 5.79. The van der Waals surface area contributed by atoms with Crippen molar-refractivity contribution in [1.82, 2.24) is 0 Å². The molecule has 98 valence electrons. The largest absolute Gasteiger partial charge is 0.311 e. The molecule has 0 spiro atoms. The highest BCUT2D eigenvalue weighted by atomic mass is 32.1. The van der Waals surface area contributed by atoms with E-state index in [-0.39, 0.29) is 11.7 Å². The van der Waals surface area contributed by atoms with Gasteiger partial charge in [0.05, 0.1) is 5.69 Å². The van der Waals surface area contributed by atoms with Crippen molar-refractivity contribution in [2.45, 2.75) is 45.4 Å². The molecule has 0 aromatic carbocycles. The summed E-state index contributed by atoms with van der Waals surface area (Å²) in [5, 5.41) is 2.06. The van der Waals surface area contributed by atoms with Gasteiger partial charge in [0.2, 0.25) is 5.91 Å². The molecule has 0 aliphatic carbocycles. The van der Waals surface area contributed by atoms with Crippen LogP contribution in [0.25, 0.3) is 0 Å². The van der Waals surface area contributed by atoms with Crippen molar-refractivity contribution in [2.75, 3.05) is 11.4 Å². The summed E-state index contributed by atoms with van der Waals surface area (Å²) in [4.78, 5) is 26.2. The Bertz CT molecular complexity index is 439. The van der Waals surface area contributed by atoms with Crippen LogP contribution in [0, 0.1) is 0 Å². The van der Waals surface area contributed by atoms with Crippen molar-refractivity contribution in [1.29, 1.82) is 0 Å². The summed E-state index contributed by atoms with van der Waals surface area (Å²) >= 11 is 1.74. The molecule has 0 saturated heterocycles. The first-order valence-corrected chi connectivity index (χ1v) is 7.42. The number of amides is 1. The van der Waals surface area contributed by atoms with Gasteiger partial charge in [-0.15, -0.1) is 11.3 Å².